The fraction of sp³-hybridized carbons (Fsp3) is 0.571. The molecule has 2 nitrogen and oxygen atoms in total. The molecule has 2 heteroatoms. The van der Waals surface area contributed by atoms with Gasteiger partial charge in [0.1, 0.15) is 0 Å². The summed E-state index contributed by atoms with van der Waals surface area (Å²) in [5, 5.41) is 0. The molecule has 0 bridgehead atoms. The fourth-order valence-electron chi connectivity index (χ4n) is 1.74. The Hall–Kier alpha value is -0.860. The number of hydrogen-bond acceptors (Lipinski definition) is 2. The zero-order chi connectivity index (χ0) is 12.0. The SMILES string of the molecule is C=C/C=C\C=C(/C)C1OC(C)CC(CC)O1. The molecule has 0 aromatic carbocycles. The van der Waals surface area contributed by atoms with E-state index < -0.39 is 0 Å². The van der Waals surface area contributed by atoms with Crippen LogP contribution in [0.3, 0.4) is 0 Å². The molecule has 1 aliphatic rings. The fourth-order valence-corrected chi connectivity index (χ4v) is 1.74. The van der Waals surface area contributed by atoms with Crippen LogP contribution >= 0.6 is 0 Å². The van der Waals surface area contributed by atoms with E-state index in [0.29, 0.717) is 6.10 Å². The normalized spacial score (nSPS) is 31.9. The smallest absolute Gasteiger partial charge is 0.180 e. The van der Waals surface area contributed by atoms with Crippen molar-refractivity contribution in [2.45, 2.75) is 52.1 Å². The molecular weight excluding hydrogens is 200 g/mol. The number of allylic oxidation sites excluding steroid dienone is 4. The first kappa shape index (κ1) is 13.2. The Morgan fingerprint density at radius 3 is 2.75 bits per heavy atom. The van der Waals surface area contributed by atoms with Gasteiger partial charge in [0.25, 0.3) is 0 Å². The van der Waals surface area contributed by atoms with Crippen LogP contribution in [0.4, 0.5) is 0 Å². The molecular formula is C14H22O2. The van der Waals surface area contributed by atoms with E-state index in [1.165, 1.54) is 0 Å². The Balaban J connectivity index is 2.60. The minimum Gasteiger partial charge on any atom is -0.346 e. The van der Waals surface area contributed by atoms with Crippen molar-refractivity contribution in [3.63, 3.8) is 0 Å². The quantitative estimate of drug-likeness (QED) is 0.677. The molecule has 1 saturated heterocycles. The van der Waals surface area contributed by atoms with Gasteiger partial charge in [0, 0.05) is 0 Å². The maximum atomic E-state index is 5.85. The van der Waals surface area contributed by atoms with Gasteiger partial charge < -0.3 is 9.47 Å². The molecule has 1 aliphatic heterocycles. The summed E-state index contributed by atoms with van der Waals surface area (Å²) in [6, 6.07) is 0. The van der Waals surface area contributed by atoms with E-state index in [9.17, 15) is 0 Å². The average Bonchev–Trinajstić information content (AvgIpc) is 2.28. The first-order valence-corrected chi connectivity index (χ1v) is 5.94. The standard InChI is InChI=1S/C14H22O2/c1-5-7-8-9-11(3)14-15-12(4)10-13(6-2)16-14/h5,7-9,12-14H,1,6,10H2,2-4H3/b8-7-,11-9+. The lowest BCUT2D eigenvalue weighted by Crippen LogP contribution is -2.37. The van der Waals surface area contributed by atoms with Gasteiger partial charge in [-0.05, 0) is 32.3 Å². The molecule has 0 N–H and O–H groups in total. The maximum Gasteiger partial charge on any atom is 0.180 e. The lowest BCUT2D eigenvalue weighted by molar-refractivity contribution is -0.220. The van der Waals surface area contributed by atoms with Gasteiger partial charge in [-0.2, -0.15) is 0 Å². The maximum absolute atomic E-state index is 5.85. The molecule has 16 heavy (non-hydrogen) atoms. The van der Waals surface area contributed by atoms with Gasteiger partial charge in [-0.1, -0.05) is 37.8 Å². The molecule has 3 unspecified atom stereocenters. The summed E-state index contributed by atoms with van der Waals surface area (Å²) in [6.07, 6.45) is 10.0. The summed E-state index contributed by atoms with van der Waals surface area (Å²) < 4.78 is 11.6. The third-order valence-corrected chi connectivity index (χ3v) is 2.70. The van der Waals surface area contributed by atoms with Crippen LogP contribution < -0.4 is 0 Å². The molecule has 1 rings (SSSR count). The highest BCUT2D eigenvalue weighted by atomic mass is 16.7. The predicted molar refractivity (Wildman–Crippen MR) is 67.2 cm³/mol. The molecule has 1 heterocycles. The third kappa shape index (κ3) is 3.95. The van der Waals surface area contributed by atoms with Gasteiger partial charge in [-0.15, -0.1) is 0 Å². The Morgan fingerprint density at radius 1 is 1.38 bits per heavy atom. The topological polar surface area (TPSA) is 18.5 Å². The highest BCUT2D eigenvalue weighted by molar-refractivity contribution is 5.16. The van der Waals surface area contributed by atoms with E-state index in [0.717, 1.165) is 18.4 Å². The van der Waals surface area contributed by atoms with Crippen molar-refractivity contribution < 1.29 is 9.47 Å². The van der Waals surface area contributed by atoms with Crippen LogP contribution in [0.25, 0.3) is 0 Å². The second-order valence-corrected chi connectivity index (χ2v) is 4.21. The molecule has 0 aliphatic carbocycles. The van der Waals surface area contributed by atoms with Crippen LogP contribution in [0.2, 0.25) is 0 Å². The van der Waals surface area contributed by atoms with Gasteiger partial charge in [0.15, 0.2) is 6.29 Å². The minimum absolute atomic E-state index is 0.192. The van der Waals surface area contributed by atoms with Gasteiger partial charge in [-0.25, -0.2) is 0 Å². The molecule has 0 amide bonds. The monoisotopic (exact) mass is 222 g/mol. The average molecular weight is 222 g/mol. The van der Waals surface area contributed by atoms with Crippen LogP contribution in [0.5, 0.6) is 0 Å². The zero-order valence-electron chi connectivity index (χ0n) is 10.5. The summed E-state index contributed by atoms with van der Waals surface area (Å²) in [7, 11) is 0. The lowest BCUT2D eigenvalue weighted by atomic mass is 10.1. The Morgan fingerprint density at radius 2 is 2.12 bits per heavy atom. The van der Waals surface area contributed by atoms with E-state index in [1.54, 1.807) is 6.08 Å². The zero-order valence-corrected chi connectivity index (χ0v) is 10.5. The lowest BCUT2D eigenvalue weighted by Gasteiger charge is -2.34. The van der Waals surface area contributed by atoms with Crippen molar-refractivity contribution in [2.24, 2.45) is 0 Å². The predicted octanol–water partition coefficient (Wildman–Crippen LogP) is 3.61. The van der Waals surface area contributed by atoms with Crippen LogP contribution in [0.1, 0.15) is 33.6 Å². The molecule has 90 valence electrons. The summed E-state index contributed by atoms with van der Waals surface area (Å²) >= 11 is 0. The van der Waals surface area contributed by atoms with Crippen molar-refractivity contribution in [1.29, 1.82) is 0 Å². The van der Waals surface area contributed by atoms with Gasteiger partial charge in [0.2, 0.25) is 0 Å². The van der Waals surface area contributed by atoms with Crippen molar-refractivity contribution >= 4 is 0 Å². The van der Waals surface area contributed by atoms with Gasteiger partial charge in [0.05, 0.1) is 12.2 Å². The third-order valence-electron chi connectivity index (χ3n) is 2.70. The van der Waals surface area contributed by atoms with Gasteiger partial charge in [-0.3, -0.25) is 0 Å². The van der Waals surface area contributed by atoms with E-state index in [1.807, 2.05) is 25.2 Å². The van der Waals surface area contributed by atoms with E-state index in [4.69, 9.17) is 9.47 Å². The highest BCUT2D eigenvalue weighted by Gasteiger charge is 2.27. The van der Waals surface area contributed by atoms with E-state index >= 15 is 0 Å². The van der Waals surface area contributed by atoms with Crippen LogP contribution in [-0.2, 0) is 9.47 Å². The van der Waals surface area contributed by atoms with Crippen LogP contribution in [-0.4, -0.2) is 18.5 Å². The summed E-state index contributed by atoms with van der Waals surface area (Å²) in [6.45, 7) is 9.91. The molecule has 0 spiro atoms. The largest absolute Gasteiger partial charge is 0.346 e. The molecule has 1 fully saturated rings. The Kier molecular flexibility index (Phi) is 5.50. The summed E-state index contributed by atoms with van der Waals surface area (Å²) in [5.74, 6) is 0. The van der Waals surface area contributed by atoms with E-state index in [-0.39, 0.29) is 12.4 Å². The molecule has 0 saturated carbocycles. The van der Waals surface area contributed by atoms with Crippen molar-refractivity contribution in [3.05, 3.63) is 36.5 Å². The van der Waals surface area contributed by atoms with Crippen LogP contribution in [0, 0.1) is 0 Å². The van der Waals surface area contributed by atoms with E-state index in [2.05, 4.69) is 20.4 Å². The first-order valence-electron chi connectivity index (χ1n) is 5.94. The molecule has 0 aromatic rings. The number of rotatable bonds is 4. The number of ether oxygens (including phenoxy) is 2. The molecule has 0 radical (unpaired) electrons. The van der Waals surface area contributed by atoms with Crippen LogP contribution in [0.15, 0.2) is 36.5 Å². The van der Waals surface area contributed by atoms with Gasteiger partial charge >= 0.3 is 0 Å². The second kappa shape index (κ2) is 6.66. The van der Waals surface area contributed by atoms with Crippen molar-refractivity contribution in [2.75, 3.05) is 0 Å². The van der Waals surface area contributed by atoms with Crippen molar-refractivity contribution in [3.8, 4) is 0 Å². The molecule has 0 aromatic heterocycles. The number of hydrogen-bond donors (Lipinski definition) is 0. The minimum atomic E-state index is -0.192. The second-order valence-electron chi connectivity index (χ2n) is 4.21. The summed E-state index contributed by atoms with van der Waals surface area (Å²) in [4.78, 5) is 0. The van der Waals surface area contributed by atoms with Crippen molar-refractivity contribution in [1.82, 2.24) is 0 Å². The summed E-state index contributed by atoms with van der Waals surface area (Å²) in [5.41, 5.74) is 1.10. The molecule has 3 atom stereocenters. The Bertz CT molecular complexity index is 278. The first-order chi connectivity index (χ1) is 7.67. The highest BCUT2D eigenvalue weighted by Crippen LogP contribution is 2.24. The Labute approximate surface area is 98.6 Å².